The average Bonchev–Trinajstić information content (AvgIpc) is 2.24. The van der Waals surface area contributed by atoms with Crippen molar-refractivity contribution in [2.75, 3.05) is 6.26 Å². The number of hydrogen-bond acceptors (Lipinski definition) is 3. The number of alkyl carbamates (subject to hydrolysis) is 1. The van der Waals surface area contributed by atoms with Gasteiger partial charge in [-0.15, -0.1) is 0 Å². The molecule has 0 aromatic heterocycles. The van der Waals surface area contributed by atoms with Crippen molar-refractivity contribution in [1.29, 1.82) is 0 Å². The summed E-state index contributed by atoms with van der Waals surface area (Å²) in [5.41, 5.74) is 0.447. The zero-order valence-electron chi connectivity index (χ0n) is 11.1. The van der Waals surface area contributed by atoms with Crippen LogP contribution in [-0.4, -0.2) is 22.2 Å². The van der Waals surface area contributed by atoms with Gasteiger partial charge in [0.2, 0.25) is 0 Å². The number of amides is 1. The van der Waals surface area contributed by atoms with Crippen LogP contribution in [0.5, 0.6) is 0 Å². The lowest BCUT2D eigenvalue weighted by Gasteiger charge is -2.19. The quantitative estimate of drug-likeness (QED) is 0.917. The van der Waals surface area contributed by atoms with E-state index in [0.29, 0.717) is 6.54 Å². The van der Waals surface area contributed by atoms with Gasteiger partial charge in [-0.2, -0.15) is 0 Å². The van der Waals surface area contributed by atoms with Crippen LogP contribution < -0.4 is 5.32 Å². The van der Waals surface area contributed by atoms with Gasteiger partial charge >= 0.3 is 6.09 Å². The molecule has 0 aliphatic carbocycles. The minimum absolute atomic E-state index is 0.394. The second-order valence-corrected chi connectivity index (χ2v) is 6.33. The fraction of sp³-hybridized carbons (Fsp3) is 0.462. The predicted octanol–water partition coefficient (Wildman–Crippen LogP) is 2.45. The maximum Gasteiger partial charge on any atom is 0.407 e. The minimum atomic E-state index is -0.975. The van der Waals surface area contributed by atoms with Gasteiger partial charge in [0.1, 0.15) is 5.60 Å². The highest BCUT2D eigenvalue weighted by atomic mass is 32.2. The molecule has 1 aromatic carbocycles. The summed E-state index contributed by atoms with van der Waals surface area (Å²) in [6, 6.07) is 7.27. The molecule has 1 rings (SSSR count). The first-order chi connectivity index (χ1) is 8.28. The lowest BCUT2D eigenvalue weighted by atomic mass is 10.2. The predicted molar refractivity (Wildman–Crippen MR) is 71.8 cm³/mol. The van der Waals surface area contributed by atoms with E-state index in [4.69, 9.17) is 4.74 Å². The van der Waals surface area contributed by atoms with E-state index in [0.717, 1.165) is 10.5 Å². The highest BCUT2D eigenvalue weighted by Gasteiger charge is 2.15. The lowest BCUT2D eigenvalue weighted by Crippen LogP contribution is -2.32. The molecule has 4 nitrogen and oxygen atoms in total. The molecule has 0 aliphatic heterocycles. The Balaban J connectivity index is 2.49. The number of hydrogen-bond donors (Lipinski definition) is 1. The molecule has 1 amide bonds. The molecule has 0 radical (unpaired) electrons. The fourth-order valence-corrected chi connectivity index (χ4v) is 1.81. The molecule has 0 spiro atoms. The molecule has 0 unspecified atom stereocenters. The summed E-state index contributed by atoms with van der Waals surface area (Å²) in [5, 5.41) is 2.67. The number of rotatable bonds is 3. The largest absolute Gasteiger partial charge is 0.444 e. The van der Waals surface area contributed by atoms with Gasteiger partial charge in [-0.1, -0.05) is 12.1 Å². The maximum absolute atomic E-state index is 11.4. The van der Waals surface area contributed by atoms with Crippen molar-refractivity contribution in [3.05, 3.63) is 29.8 Å². The van der Waals surface area contributed by atoms with Gasteiger partial charge in [0.15, 0.2) is 0 Å². The van der Waals surface area contributed by atoms with Crippen LogP contribution >= 0.6 is 0 Å². The Labute approximate surface area is 110 Å². The maximum atomic E-state index is 11.4. The summed E-state index contributed by atoms with van der Waals surface area (Å²) in [6.45, 7) is 5.85. The van der Waals surface area contributed by atoms with Crippen molar-refractivity contribution in [2.45, 2.75) is 37.8 Å². The molecular formula is C13H19NO3S. The molecule has 1 N–H and O–H groups in total. The van der Waals surface area contributed by atoms with E-state index in [9.17, 15) is 9.00 Å². The van der Waals surface area contributed by atoms with Crippen LogP contribution in [0.2, 0.25) is 0 Å². The Morgan fingerprint density at radius 1 is 1.28 bits per heavy atom. The Morgan fingerprint density at radius 2 is 1.83 bits per heavy atom. The summed E-state index contributed by atoms with van der Waals surface area (Å²) < 4.78 is 16.3. The topological polar surface area (TPSA) is 55.4 Å². The van der Waals surface area contributed by atoms with Crippen LogP contribution in [0.1, 0.15) is 26.3 Å². The van der Waals surface area contributed by atoms with Crippen molar-refractivity contribution in [2.24, 2.45) is 0 Å². The van der Waals surface area contributed by atoms with Crippen LogP contribution in [0.3, 0.4) is 0 Å². The van der Waals surface area contributed by atoms with Gasteiger partial charge in [-0.25, -0.2) is 4.79 Å². The minimum Gasteiger partial charge on any atom is -0.444 e. The molecule has 0 fully saturated rings. The summed E-state index contributed by atoms with van der Waals surface area (Å²) in [7, 11) is -0.975. The van der Waals surface area contributed by atoms with Gasteiger partial charge in [0.25, 0.3) is 0 Å². The lowest BCUT2D eigenvalue weighted by molar-refractivity contribution is 0.0523. The number of ether oxygens (including phenoxy) is 1. The second-order valence-electron chi connectivity index (χ2n) is 4.95. The molecule has 18 heavy (non-hydrogen) atoms. The molecule has 0 aliphatic rings. The zero-order chi connectivity index (χ0) is 13.8. The monoisotopic (exact) mass is 269 g/mol. The Hall–Kier alpha value is -1.36. The molecule has 0 saturated carbocycles. The summed E-state index contributed by atoms with van der Waals surface area (Å²) in [5.74, 6) is 0. The normalized spacial score (nSPS) is 12.9. The zero-order valence-corrected chi connectivity index (χ0v) is 12.0. The van der Waals surface area contributed by atoms with Gasteiger partial charge in [0, 0.05) is 28.5 Å². The smallest absolute Gasteiger partial charge is 0.407 e. The average molecular weight is 269 g/mol. The Bertz CT molecular complexity index is 435. The van der Waals surface area contributed by atoms with Crippen LogP contribution in [0.4, 0.5) is 4.79 Å². The fourth-order valence-electron chi connectivity index (χ4n) is 1.29. The number of nitrogens with one attached hydrogen (secondary N) is 1. The van der Waals surface area contributed by atoms with Crippen molar-refractivity contribution >= 4 is 16.9 Å². The van der Waals surface area contributed by atoms with Gasteiger partial charge in [-0.3, -0.25) is 4.21 Å². The second kappa shape index (κ2) is 6.00. The number of benzene rings is 1. The van der Waals surface area contributed by atoms with Crippen molar-refractivity contribution in [3.8, 4) is 0 Å². The van der Waals surface area contributed by atoms with E-state index >= 15 is 0 Å². The first-order valence-corrected chi connectivity index (χ1v) is 7.23. The van der Waals surface area contributed by atoms with E-state index in [1.165, 1.54) is 0 Å². The van der Waals surface area contributed by atoms with Crippen LogP contribution in [0.15, 0.2) is 29.2 Å². The van der Waals surface area contributed by atoms with Crippen molar-refractivity contribution in [1.82, 2.24) is 5.32 Å². The third kappa shape index (κ3) is 5.31. The number of carbonyl (C=O) groups is 1. The van der Waals surface area contributed by atoms with Gasteiger partial charge < -0.3 is 10.1 Å². The first kappa shape index (κ1) is 14.7. The molecule has 1 aromatic rings. The van der Waals surface area contributed by atoms with E-state index in [-0.39, 0.29) is 0 Å². The summed E-state index contributed by atoms with van der Waals surface area (Å²) in [6.07, 6.45) is 1.19. The molecule has 0 bridgehead atoms. The highest BCUT2D eigenvalue weighted by Crippen LogP contribution is 2.09. The first-order valence-electron chi connectivity index (χ1n) is 5.67. The molecule has 0 saturated heterocycles. The van der Waals surface area contributed by atoms with E-state index in [1.807, 2.05) is 32.9 Å². The van der Waals surface area contributed by atoms with E-state index < -0.39 is 22.5 Å². The third-order valence-electron chi connectivity index (χ3n) is 2.09. The van der Waals surface area contributed by atoms with Crippen LogP contribution in [0, 0.1) is 0 Å². The van der Waals surface area contributed by atoms with E-state index in [1.54, 1.807) is 18.4 Å². The van der Waals surface area contributed by atoms with Crippen molar-refractivity contribution in [3.63, 3.8) is 0 Å². The van der Waals surface area contributed by atoms with E-state index in [2.05, 4.69) is 5.32 Å². The molecular weight excluding hydrogens is 250 g/mol. The summed E-state index contributed by atoms with van der Waals surface area (Å²) in [4.78, 5) is 12.2. The third-order valence-corrected chi connectivity index (χ3v) is 3.03. The van der Waals surface area contributed by atoms with Gasteiger partial charge in [-0.05, 0) is 38.5 Å². The highest BCUT2D eigenvalue weighted by molar-refractivity contribution is 7.84. The number of carbonyl (C=O) groups excluding carboxylic acids is 1. The Morgan fingerprint density at radius 3 is 2.28 bits per heavy atom. The Kier molecular flexibility index (Phi) is 4.90. The molecule has 100 valence electrons. The van der Waals surface area contributed by atoms with Crippen molar-refractivity contribution < 1.29 is 13.7 Å². The standard InChI is InChI=1S/C13H19NO3S/c1-13(2,3)17-12(15)14-9-10-5-7-11(8-6-10)18(4)16/h5-8H,9H2,1-4H3,(H,14,15)/t18-/m1/s1. The molecule has 1 atom stereocenters. The molecule has 5 heteroatoms. The summed E-state index contributed by atoms with van der Waals surface area (Å²) >= 11 is 0. The molecule has 0 heterocycles. The van der Waals surface area contributed by atoms with Crippen LogP contribution in [-0.2, 0) is 22.1 Å². The van der Waals surface area contributed by atoms with Crippen LogP contribution in [0.25, 0.3) is 0 Å². The van der Waals surface area contributed by atoms with Gasteiger partial charge in [0.05, 0.1) is 0 Å². The SMILES string of the molecule is C[S@@](=O)c1ccc(CNC(=O)OC(C)(C)C)cc1.